The van der Waals surface area contributed by atoms with Crippen LogP contribution in [-0.2, 0) is 0 Å². The first kappa shape index (κ1) is 13.9. The molecular formula is C14H7ClN4O3S. The second kappa shape index (κ2) is 4.90. The number of urea groups is 1. The van der Waals surface area contributed by atoms with Crippen molar-refractivity contribution in [3.05, 3.63) is 40.5 Å². The Labute approximate surface area is 138 Å². The number of carbonyl (C=O) groups excluding carboxylic acids is 1. The van der Waals surface area contributed by atoms with E-state index in [1.165, 1.54) is 11.2 Å². The van der Waals surface area contributed by atoms with Crippen LogP contribution in [0.4, 0.5) is 22.0 Å². The van der Waals surface area contributed by atoms with Gasteiger partial charge in [0.2, 0.25) is 0 Å². The predicted molar refractivity (Wildman–Crippen MR) is 87.0 cm³/mol. The number of anilines is 3. The van der Waals surface area contributed by atoms with Crippen LogP contribution in [0, 0.1) is 0 Å². The van der Waals surface area contributed by atoms with Crippen LogP contribution < -0.4 is 10.2 Å². The fraction of sp³-hybridized carbons (Fsp3) is 0. The summed E-state index contributed by atoms with van der Waals surface area (Å²) < 4.78 is 0. The lowest BCUT2D eigenvalue weighted by Gasteiger charge is -2.27. The van der Waals surface area contributed by atoms with Gasteiger partial charge in [-0.1, -0.05) is 23.7 Å². The van der Waals surface area contributed by atoms with Gasteiger partial charge in [0.1, 0.15) is 16.0 Å². The number of nitrogens with one attached hydrogen (secondary N) is 1. The number of nitrogens with zero attached hydrogens (tertiary/aromatic N) is 3. The second-order valence-electron chi connectivity index (χ2n) is 4.71. The van der Waals surface area contributed by atoms with Gasteiger partial charge >= 0.3 is 12.0 Å². The smallest absolute Gasteiger partial charge is 0.348 e. The number of carboxylic acids is 1. The molecule has 0 atom stereocenters. The van der Waals surface area contributed by atoms with Crippen LogP contribution >= 0.6 is 22.9 Å². The number of halogens is 1. The van der Waals surface area contributed by atoms with Crippen molar-refractivity contribution in [3.8, 4) is 0 Å². The van der Waals surface area contributed by atoms with Gasteiger partial charge in [0.15, 0.2) is 5.82 Å². The Hall–Kier alpha value is -2.71. The highest BCUT2D eigenvalue weighted by molar-refractivity contribution is 7.21. The molecule has 23 heavy (non-hydrogen) atoms. The van der Waals surface area contributed by atoms with Crippen molar-refractivity contribution in [2.75, 3.05) is 10.2 Å². The zero-order valence-corrected chi connectivity index (χ0v) is 12.9. The van der Waals surface area contributed by atoms with Gasteiger partial charge in [0, 0.05) is 0 Å². The highest BCUT2D eigenvalue weighted by Gasteiger charge is 2.34. The molecule has 9 heteroatoms. The summed E-state index contributed by atoms with van der Waals surface area (Å²) in [6.07, 6.45) is 1.30. The number of amides is 2. The SMILES string of the molecule is O=C(O)c1sc2ncnc3c2c1NC(=O)N3c1ccccc1Cl. The van der Waals surface area contributed by atoms with Gasteiger partial charge < -0.3 is 10.4 Å². The van der Waals surface area contributed by atoms with E-state index in [1.807, 2.05) is 0 Å². The molecule has 0 spiro atoms. The highest BCUT2D eigenvalue weighted by Crippen LogP contribution is 2.45. The average Bonchev–Trinajstić information content (AvgIpc) is 2.89. The lowest BCUT2D eigenvalue weighted by molar-refractivity contribution is 0.0703. The number of aromatic nitrogens is 2. The Kier molecular flexibility index (Phi) is 2.97. The van der Waals surface area contributed by atoms with Crippen LogP contribution in [0.25, 0.3) is 10.2 Å². The van der Waals surface area contributed by atoms with Crippen molar-refractivity contribution in [2.24, 2.45) is 0 Å². The van der Waals surface area contributed by atoms with Gasteiger partial charge in [0.05, 0.1) is 21.8 Å². The zero-order valence-electron chi connectivity index (χ0n) is 11.3. The molecule has 3 heterocycles. The fourth-order valence-electron chi connectivity index (χ4n) is 2.47. The number of hydrogen-bond acceptors (Lipinski definition) is 5. The molecule has 2 aromatic heterocycles. The molecule has 0 unspecified atom stereocenters. The third-order valence-electron chi connectivity index (χ3n) is 3.40. The summed E-state index contributed by atoms with van der Waals surface area (Å²) in [5.41, 5.74) is 0.682. The van der Waals surface area contributed by atoms with E-state index >= 15 is 0 Å². The van der Waals surface area contributed by atoms with Crippen LogP contribution in [0.3, 0.4) is 0 Å². The van der Waals surface area contributed by atoms with Gasteiger partial charge in [-0.05, 0) is 12.1 Å². The van der Waals surface area contributed by atoms with Crippen LogP contribution in [-0.4, -0.2) is 27.1 Å². The summed E-state index contributed by atoms with van der Waals surface area (Å²) in [6, 6.07) is 6.33. The minimum absolute atomic E-state index is 0.0221. The van der Waals surface area contributed by atoms with Crippen molar-refractivity contribution < 1.29 is 14.7 Å². The molecule has 0 aliphatic carbocycles. The minimum Gasteiger partial charge on any atom is -0.477 e. The van der Waals surface area contributed by atoms with E-state index < -0.39 is 12.0 Å². The molecule has 2 N–H and O–H groups in total. The van der Waals surface area contributed by atoms with E-state index in [2.05, 4.69) is 15.3 Å². The summed E-state index contributed by atoms with van der Waals surface area (Å²) in [6.45, 7) is 0. The molecular weight excluding hydrogens is 340 g/mol. The van der Waals surface area contributed by atoms with Gasteiger partial charge in [0.25, 0.3) is 0 Å². The Bertz CT molecular complexity index is 987. The van der Waals surface area contributed by atoms with Crippen LogP contribution in [0.15, 0.2) is 30.6 Å². The Balaban J connectivity index is 2.04. The molecule has 0 bridgehead atoms. The quantitative estimate of drug-likeness (QED) is 0.737. The summed E-state index contributed by atoms with van der Waals surface area (Å²) in [5.74, 6) is -0.814. The molecule has 1 aliphatic heterocycles. The standard InChI is InChI=1S/C14H7ClN4O3S/c15-6-3-1-2-4-7(6)19-11-8-9(18-14(19)22)10(13(20)21)23-12(8)17-5-16-11/h1-5H,(H,18,22)(H,20,21). The van der Waals surface area contributed by atoms with E-state index in [0.717, 1.165) is 11.3 Å². The number of hydrogen-bond donors (Lipinski definition) is 2. The summed E-state index contributed by atoms with van der Waals surface area (Å²) in [7, 11) is 0. The van der Waals surface area contributed by atoms with Crippen molar-refractivity contribution in [1.29, 1.82) is 0 Å². The Morgan fingerprint density at radius 3 is 2.83 bits per heavy atom. The fourth-order valence-corrected chi connectivity index (χ4v) is 3.62. The molecule has 0 saturated carbocycles. The number of para-hydroxylation sites is 1. The van der Waals surface area contributed by atoms with Crippen molar-refractivity contribution >= 4 is 62.3 Å². The van der Waals surface area contributed by atoms with Gasteiger partial charge in [-0.25, -0.2) is 24.5 Å². The molecule has 1 aromatic carbocycles. The van der Waals surface area contributed by atoms with Crippen molar-refractivity contribution in [3.63, 3.8) is 0 Å². The molecule has 1 aliphatic rings. The first-order valence-corrected chi connectivity index (χ1v) is 7.64. The third kappa shape index (κ3) is 1.96. The summed E-state index contributed by atoms with van der Waals surface area (Å²) in [4.78, 5) is 34.0. The maximum Gasteiger partial charge on any atom is 0.348 e. The maximum atomic E-state index is 12.5. The van der Waals surface area contributed by atoms with E-state index in [1.54, 1.807) is 24.3 Å². The number of benzene rings is 1. The number of rotatable bonds is 2. The normalized spacial score (nSPS) is 13.3. The van der Waals surface area contributed by atoms with E-state index in [-0.39, 0.29) is 10.6 Å². The zero-order chi connectivity index (χ0) is 16.1. The number of aromatic carboxylic acids is 1. The first-order valence-electron chi connectivity index (χ1n) is 6.44. The second-order valence-corrected chi connectivity index (χ2v) is 6.11. The molecule has 3 aromatic rings. The van der Waals surface area contributed by atoms with Crippen molar-refractivity contribution in [2.45, 2.75) is 0 Å². The van der Waals surface area contributed by atoms with Crippen LogP contribution in [0.2, 0.25) is 5.02 Å². The highest BCUT2D eigenvalue weighted by atomic mass is 35.5. The molecule has 2 amide bonds. The van der Waals surface area contributed by atoms with Crippen LogP contribution in [0.5, 0.6) is 0 Å². The minimum atomic E-state index is -1.12. The topological polar surface area (TPSA) is 95.4 Å². The number of carbonyl (C=O) groups is 2. The summed E-state index contributed by atoms with van der Waals surface area (Å²) >= 11 is 7.17. The van der Waals surface area contributed by atoms with E-state index in [9.17, 15) is 14.7 Å². The van der Waals surface area contributed by atoms with Gasteiger partial charge in [-0.15, -0.1) is 11.3 Å². The first-order chi connectivity index (χ1) is 11.1. The largest absolute Gasteiger partial charge is 0.477 e. The molecule has 0 saturated heterocycles. The summed E-state index contributed by atoms with van der Waals surface area (Å²) in [5, 5.41) is 12.8. The van der Waals surface area contributed by atoms with Gasteiger partial charge in [-0.2, -0.15) is 0 Å². The molecule has 114 valence electrons. The van der Waals surface area contributed by atoms with Crippen molar-refractivity contribution in [1.82, 2.24) is 9.97 Å². The lowest BCUT2D eigenvalue weighted by atomic mass is 10.2. The molecule has 0 radical (unpaired) electrons. The van der Waals surface area contributed by atoms with E-state index in [0.29, 0.717) is 26.7 Å². The average molecular weight is 347 g/mol. The molecule has 4 rings (SSSR count). The Morgan fingerprint density at radius 1 is 1.30 bits per heavy atom. The molecule has 7 nitrogen and oxygen atoms in total. The monoisotopic (exact) mass is 346 g/mol. The lowest BCUT2D eigenvalue weighted by Crippen LogP contribution is -2.35. The predicted octanol–water partition coefficient (Wildman–Crippen LogP) is 3.73. The number of carboxylic acid groups (broad SMARTS) is 1. The maximum absolute atomic E-state index is 12.5. The van der Waals surface area contributed by atoms with Crippen LogP contribution in [0.1, 0.15) is 9.67 Å². The van der Waals surface area contributed by atoms with Gasteiger partial charge in [-0.3, -0.25) is 0 Å². The Morgan fingerprint density at radius 2 is 2.09 bits per heavy atom. The van der Waals surface area contributed by atoms with E-state index in [4.69, 9.17) is 11.6 Å². The third-order valence-corrected chi connectivity index (χ3v) is 4.81. The molecule has 0 fully saturated rings. The number of thiophene rings is 1.